The number of rotatable bonds is 10. The van der Waals surface area contributed by atoms with Gasteiger partial charge in [-0.25, -0.2) is 0 Å². The summed E-state index contributed by atoms with van der Waals surface area (Å²) in [6.45, 7) is 16.9. The summed E-state index contributed by atoms with van der Waals surface area (Å²) in [7, 11) is 0. The normalized spacial score (nSPS) is 14.8. The van der Waals surface area contributed by atoms with Gasteiger partial charge in [-0.05, 0) is 76.1 Å². The highest BCUT2D eigenvalue weighted by Crippen LogP contribution is 2.30. The van der Waals surface area contributed by atoms with E-state index < -0.39 is 5.60 Å². The molecule has 0 heterocycles. The molecule has 0 saturated heterocycles. The van der Waals surface area contributed by atoms with Gasteiger partial charge in [-0.2, -0.15) is 0 Å². The predicted molar refractivity (Wildman–Crippen MR) is 109 cm³/mol. The van der Waals surface area contributed by atoms with Crippen molar-refractivity contribution in [1.82, 2.24) is 0 Å². The van der Waals surface area contributed by atoms with Crippen LogP contribution in [0.1, 0.15) is 71.9 Å². The SMILES string of the molecule is CCCOC(C)(CC(C)C)C(=O)Nc1cc(C)c(OC(C)CC)c(C)c1. The Hall–Kier alpha value is -1.55. The van der Waals surface area contributed by atoms with Crippen LogP contribution in [0, 0.1) is 19.8 Å². The molecule has 1 aromatic rings. The van der Waals surface area contributed by atoms with Crippen molar-refractivity contribution in [3.8, 4) is 5.75 Å². The summed E-state index contributed by atoms with van der Waals surface area (Å²) in [5.74, 6) is 1.19. The topological polar surface area (TPSA) is 47.6 Å². The van der Waals surface area contributed by atoms with Gasteiger partial charge in [0.25, 0.3) is 5.91 Å². The third-order valence-electron chi connectivity index (χ3n) is 4.51. The molecule has 4 heteroatoms. The fraction of sp³-hybridized carbons (Fsp3) is 0.682. The summed E-state index contributed by atoms with van der Waals surface area (Å²) < 4.78 is 12.0. The molecule has 0 fully saturated rings. The average Bonchev–Trinajstić information content (AvgIpc) is 2.55. The number of nitrogens with one attached hydrogen (secondary N) is 1. The van der Waals surface area contributed by atoms with Crippen molar-refractivity contribution in [1.29, 1.82) is 0 Å². The van der Waals surface area contributed by atoms with Crippen LogP contribution in [0.2, 0.25) is 0 Å². The molecule has 148 valence electrons. The van der Waals surface area contributed by atoms with Crippen LogP contribution in [0.5, 0.6) is 5.75 Å². The van der Waals surface area contributed by atoms with E-state index in [2.05, 4.69) is 39.9 Å². The molecule has 1 N–H and O–H groups in total. The van der Waals surface area contributed by atoms with Gasteiger partial charge in [-0.15, -0.1) is 0 Å². The van der Waals surface area contributed by atoms with Gasteiger partial charge >= 0.3 is 0 Å². The molecular formula is C22H37NO3. The van der Waals surface area contributed by atoms with Gasteiger partial charge in [0.05, 0.1) is 6.10 Å². The Morgan fingerprint density at radius 3 is 2.19 bits per heavy atom. The quantitative estimate of drug-likeness (QED) is 0.584. The fourth-order valence-corrected chi connectivity index (χ4v) is 3.08. The lowest BCUT2D eigenvalue weighted by atomic mass is 9.92. The van der Waals surface area contributed by atoms with Crippen molar-refractivity contribution < 1.29 is 14.3 Å². The number of hydrogen-bond donors (Lipinski definition) is 1. The van der Waals surface area contributed by atoms with Crippen LogP contribution in [0.15, 0.2) is 12.1 Å². The van der Waals surface area contributed by atoms with Crippen LogP contribution >= 0.6 is 0 Å². The van der Waals surface area contributed by atoms with Gasteiger partial charge in [0.15, 0.2) is 0 Å². The van der Waals surface area contributed by atoms with E-state index in [0.29, 0.717) is 18.9 Å². The number of aryl methyl sites for hydroxylation is 2. The number of hydrogen-bond acceptors (Lipinski definition) is 3. The summed E-state index contributed by atoms with van der Waals surface area (Å²) >= 11 is 0. The zero-order valence-corrected chi connectivity index (χ0v) is 17.9. The summed E-state index contributed by atoms with van der Waals surface area (Å²) in [5, 5.41) is 3.05. The van der Waals surface area contributed by atoms with Gasteiger partial charge in [0.1, 0.15) is 11.4 Å². The maximum Gasteiger partial charge on any atom is 0.256 e. The van der Waals surface area contributed by atoms with E-state index in [9.17, 15) is 4.79 Å². The fourth-order valence-electron chi connectivity index (χ4n) is 3.08. The minimum Gasteiger partial charge on any atom is -0.490 e. The highest BCUT2D eigenvalue weighted by atomic mass is 16.5. The number of amides is 1. The summed E-state index contributed by atoms with van der Waals surface area (Å²) in [5.41, 5.74) is 2.02. The minimum atomic E-state index is -0.822. The highest BCUT2D eigenvalue weighted by Gasteiger charge is 2.35. The van der Waals surface area contributed by atoms with E-state index >= 15 is 0 Å². The molecule has 0 spiro atoms. The smallest absolute Gasteiger partial charge is 0.256 e. The van der Waals surface area contributed by atoms with Crippen molar-refractivity contribution >= 4 is 11.6 Å². The first kappa shape index (κ1) is 22.5. The van der Waals surface area contributed by atoms with Gasteiger partial charge < -0.3 is 14.8 Å². The van der Waals surface area contributed by atoms with Crippen molar-refractivity contribution in [3.63, 3.8) is 0 Å². The lowest BCUT2D eigenvalue weighted by Gasteiger charge is -2.30. The highest BCUT2D eigenvalue weighted by molar-refractivity contribution is 5.97. The Bertz CT molecular complexity index is 574. The summed E-state index contributed by atoms with van der Waals surface area (Å²) in [4.78, 5) is 12.9. The maximum absolute atomic E-state index is 12.9. The molecular weight excluding hydrogens is 326 g/mol. The Kier molecular flexibility index (Phi) is 8.61. The van der Waals surface area contributed by atoms with E-state index in [1.54, 1.807) is 0 Å². The number of ether oxygens (including phenoxy) is 2. The van der Waals surface area contributed by atoms with Crippen molar-refractivity contribution in [3.05, 3.63) is 23.3 Å². The molecule has 26 heavy (non-hydrogen) atoms. The second kappa shape index (κ2) is 9.96. The first-order valence-corrected chi connectivity index (χ1v) is 9.86. The van der Waals surface area contributed by atoms with E-state index in [1.807, 2.05) is 32.9 Å². The van der Waals surface area contributed by atoms with E-state index in [1.165, 1.54) is 0 Å². The molecule has 0 aliphatic rings. The molecule has 0 radical (unpaired) electrons. The van der Waals surface area contributed by atoms with Gasteiger partial charge in [0, 0.05) is 12.3 Å². The Morgan fingerprint density at radius 2 is 1.73 bits per heavy atom. The molecule has 2 atom stereocenters. The third kappa shape index (κ3) is 6.31. The Morgan fingerprint density at radius 1 is 1.15 bits per heavy atom. The molecule has 1 aromatic carbocycles. The Balaban J connectivity index is 2.99. The summed E-state index contributed by atoms with van der Waals surface area (Å²) in [6.07, 6.45) is 2.71. The number of carbonyl (C=O) groups is 1. The minimum absolute atomic E-state index is 0.0888. The lowest BCUT2D eigenvalue weighted by Crippen LogP contribution is -2.44. The van der Waals surface area contributed by atoms with Crippen LogP contribution in [0.25, 0.3) is 0 Å². The number of anilines is 1. The van der Waals surface area contributed by atoms with Gasteiger partial charge in [0.2, 0.25) is 0 Å². The molecule has 0 aliphatic carbocycles. The molecule has 0 aromatic heterocycles. The molecule has 2 unspecified atom stereocenters. The van der Waals surface area contributed by atoms with Gasteiger partial charge in [-0.1, -0.05) is 27.7 Å². The van der Waals surface area contributed by atoms with Crippen LogP contribution in [0.3, 0.4) is 0 Å². The Labute approximate surface area is 159 Å². The third-order valence-corrected chi connectivity index (χ3v) is 4.51. The van der Waals surface area contributed by atoms with Crippen molar-refractivity contribution in [2.24, 2.45) is 5.92 Å². The second-order valence-corrected chi connectivity index (χ2v) is 7.91. The number of carbonyl (C=O) groups excluding carboxylic acids is 1. The van der Waals surface area contributed by atoms with Gasteiger partial charge in [-0.3, -0.25) is 4.79 Å². The van der Waals surface area contributed by atoms with Crippen molar-refractivity contribution in [2.45, 2.75) is 86.4 Å². The second-order valence-electron chi connectivity index (χ2n) is 7.91. The molecule has 4 nitrogen and oxygen atoms in total. The molecule has 0 bridgehead atoms. The first-order valence-electron chi connectivity index (χ1n) is 9.86. The van der Waals surface area contributed by atoms with Crippen LogP contribution in [-0.2, 0) is 9.53 Å². The average molecular weight is 364 g/mol. The molecule has 1 amide bonds. The van der Waals surface area contributed by atoms with Crippen LogP contribution in [0.4, 0.5) is 5.69 Å². The largest absolute Gasteiger partial charge is 0.490 e. The standard InChI is InChI=1S/C22H37NO3/c1-9-11-25-22(8,14-15(3)4)21(24)23-19-12-16(5)20(17(6)13-19)26-18(7)10-2/h12-13,15,18H,9-11,14H2,1-8H3,(H,23,24). The van der Waals surface area contributed by atoms with E-state index in [0.717, 1.165) is 35.4 Å². The van der Waals surface area contributed by atoms with Crippen LogP contribution < -0.4 is 10.1 Å². The summed E-state index contributed by atoms with van der Waals surface area (Å²) in [6, 6.07) is 3.94. The maximum atomic E-state index is 12.9. The predicted octanol–water partition coefficient (Wildman–Crippen LogP) is 5.65. The lowest BCUT2D eigenvalue weighted by molar-refractivity contribution is -0.141. The zero-order valence-electron chi connectivity index (χ0n) is 17.9. The van der Waals surface area contributed by atoms with Crippen molar-refractivity contribution in [2.75, 3.05) is 11.9 Å². The number of benzene rings is 1. The van der Waals surface area contributed by atoms with E-state index in [4.69, 9.17) is 9.47 Å². The molecule has 0 aliphatic heterocycles. The van der Waals surface area contributed by atoms with E-state index in [-0.39, 0.29) is 12.0 Å². The first-order chi connectivity index (χ1) is 12.1. The molecule has 1 rings (SSSR count). The molecule has 0 saturated carbocycles. The monoisotopic (exact) mass is 363 g/mol. The zero-order chi connectivity index (χ0) is 19.9. The van der Waals surface area contributed by atoms with Crippen LogP contribution in [-0.4, -0.2) is 24.2 Å².